The highest BCUT2D eigenvalue weighted by molar-refractivity contribution is 5.79. The van der Waals surface area contributed by atoms with Crippen LogP contribution < -0.4 is 0 Å². The van der Waals surface area contributed by atoms with Crippen molar-refractivity contribution in [3.8, 4) is 0 Å². The molecule has 6 nitrogen and oxygen atoms in total. The summed E-state index contributed by atoms with van der Waals surface area (Å²) in [6.07, 6.45) is -0.464. The number of fused-ring (bicyclic) bond motifs is 1. The SMILES string of the molecule is O=C1OCC2(CO)CN(C(=O)OCc3ccccc3)CC12. The highest BCUT2D eigenvalue weighted by atomic mass is 16.6. The van der Waals surface area contributed by atoms with Crippen molar-refractivity contribution in [2.24, 2.45) is 11.3 Å². The number of carbonyl (C=O) groups excluding carboxylic acids is 2. The molecule has 2 fully saturated rings. The number of aliphatic hydroxyl groups excluding tert-OH is 1. The first kappa shape index (κ1) is 13.9. The van der Waals surface area contributed by atoms with E-state index in [9.17, 15) is 14.7 Å². The zero-order chi connectivity index (χ0) is 14.9. The molecule has 3 rings (SSSR count). The van der Waals surface area contributed by atoms with Crippen LogP contribution in [-0.2, 0) is 20.9 Å². The highest BCUT2D eigenvalue weighted by Crippen LogP contribution is 2.41. The number of carbonyl (C=O) groups is 2. The van der Waals surface area contributed by atoms with Crippen LogP contribution in [0.25, 0.3) is 0 Å². The number of rotatable bonds is 3. The van der Waals surface area contributed by atoms with Crippen molar-refractivity contribution in [3.05, 3.63) is 35.9 Å². The second-order valence-corrected chi connectivity index (χ2v) is 5.60. The van der Waals surface area contributed by atoms with E-state index < -0.39 is 17.4 Å². The summed E-state index contributed by atoms with van der Waals surface area (Å²) in [4.78, 5) is 25.2. The van der Waals surface area contributed by atoms with Gasteiger partial charge in [-0.2, -0.15) is 0 Å². The summed E-state index contributed by atoms with van der Waals surface area (Å²) in [5.41, 5.74) is 0.240. The number of benzene rings is 1. The number of esters is 1. The molecular formula is C15H17NO5. The largest absolute Gasteiger partial charge is 0.465 e. The fraction of sp³-hybridized carbons (Fsp3) is 0.467. The van der Waals surface area contributed by atoms with Crippen molar-refractivity contribution in [3.63, 3.8) is 0 Å². The molecule has 0 bridgehead atoms. The quantitative estimate of drug-likeness (QED) is 0.833. The molecular weight excluding hydrogens is 274 g/mol. The third-order valence-corrected chi connectivity index (χ3v) is 4.21. The predicted molar refractivity (Wildman–Crippen MR) is 72.2 cm³/mol. The van der Waals surface area contributed by atoms with Crippen LogP contribution in [0, 0.1) is 11.3 Å². The summed E-state index contributed by atoms with van der Waals surface area (Å²) >= 11 is 0. The van der Waals surface area contributed by atoms with Crippen molar-refractivity contribution >= 4 is 12.1 Å². The van der Waals surface area contributed by atoms with Crippen LogP contribution in [0.1, 0.15) is 5.56 Å². The van der Waals surface area contributed by atoms with Crippen LogP contribution >= 0.6 is 0 Å². The van der Waals surface area contributed by atoms with Crippen molar-refractivity contribution < 1.29 is 24.2 Å². The van der Waals surface area contributed by atoms with Crippen molar-refractivity contribution in [1.82, 2.24) is 4.90 Å². The molecule has 2 atom stereocenters. The first-order valence-electron chi connectivity index (χ1n) is 6.88. The average Bonchev–Trinajstić information content (AvgIpc) is 3.04. The lowest BCUT2D eigenvalue weighted by molar-refractivity contribution is -0.141. The number of cyclic esters (lactones) is 1. The van der Waals surface area contributed by atoms with E-state index in [0.717, 1.165) is 5.56 Å². The van der Waals surface area contributed by atoms with Gasteiger partial charge in [0.1, 0.15) is 13.2 Å². The van der Waals surface area contributed by atoms with Gasteiger partial charge in [0.15, 0.2) is 0 Å². The van der Waals surface area contributed by atoms with Gasteiger partial charge in [-0.3, -0.25) is 4.79 Å². The Morgan fingerprint density at radius 3 is 2.86 bits per heavy atom. The van der Waals surface area contributed by atoms with Gasteiger partial charge in [-0.1, -0.05) is 30.3 Å². The Labute approximate surface area is 122 Å². The standard InChI is InChI=1S/C15H17NO5/c17-9-15-8-16(6-12(15)13(18)21-10-15)14(19)20-7-11-4-2-1-3-5-11/h1-5,12,17H,6-10H2. The normalized spacial score (nSPS) is 27.4. The fourth-order valence-electron chi connectivity index (χ4n) is 2.91. The summed E-state index contributed by atoms with van der Waals surface area (Å²) < 4.78 is 10.2. The molecule has 2 unspecified atom stereocenters. The maximum atomic E-state index is 12.1. The number of ether oxygens (including phenoxy) is 2. The Hall–Kier alpha value is -2.08. The van der Waals surface area contributed by atoms with Gasteiger partial charge in [0.05, 0.1) is 17.9 Å². The van der Waals surface area contributed by atoms with Gasteiger partial charge in [-0.15, -0.1) is 0 Å². The van der Waals surface area contributed by atoms with E-state index in [0.29, 0.717) is 0 Å². The van der Waals surface area contributed by atoms with Crippen molar-refractivity contribution in [2.75, 3.05) is 26.3 Å². The van der Waals surface area contributed by atoms with Gasteiger partial charge >= 0.3 is 12.1 Å². The van der Waals surface area contributed by atoms with Crippen LogP contribution in [0.5, 0.6) is 0 Å². The van der Waals surface area contributed by atoms with E-state index in [1.165, 1.54) is 4.90 Å². The molecule has 0 spiro atoms. The third-order valence-electron chi connectivity index (χ3n) is 4.21. The Morgan fingerprint density at radius 2 is 2.19 bits per heavy atom. The summed E-state index contributed by atoms with van der Waals surface area (Å²) in [5, 5.41) is 9.54. The minimum atomic E-state index is -0.664. The molecule has 0 aliphatic carbocycles. The molecule has 1 aromatic carbocycles. The third kappa shape index (κ3) is 2.47. The zero-order valence-corrected chi connectivity index (χ0v) is 11.5. The van der Waals surface area contributed by atoms with Crippen molar-refractivity contribution in [2.45, 2.75) is 6.61 Å². The molecule has 2 aliphatic rings. The molecule has 2 heterocycles. The summed E-state index contributed by atoms with van der Waals surface area (Å²) in [6.45, 7) is 0.708. The fourth-order valence-corrected chi connectivity index (χ4v) is 2.91. The molecule has 1 amide bonds. The Bertz CT molecular complexity index is 546. The van der Waals surface area contributed by atoms with Gasteiger partial charge in [-0.05, 0) is 5.56 Å². The van der Waals surface area contributed by atoms with Gasteiger partial charge in [0, 0.05) is 13.1 Å². The molecule has 2 aliphatic heterocycles. The van der Waals surface area contributed by atoms with Gasteiger partial charge < -0.3 is 19.5 Å². The smallest absolute Gasteiger partial charge is 0.410 e. The molecule has 2 saturated heterocycles. The number of amides is 1. The van der Waals surface area contributed by atoms with Crippen LogP contribution in [-0.4, -0.2) is 48.4 Å². The number of hydrogen-bond acceptors (Lipinski definition) is 5. The molecule has 1 aromatic rings. The van der Waals surface area contributed by atoms with Crippen molar-refractivity contribution in [1.29, 1.82) is 0 Å². The minimum Gasteiger partial charge on any atom is -0.465 e. The Balaban J connectivity index is 1.61. The molecule has 6 heteroatoms. The molecule has 0 saturated carbocycles. The average molecular weight is 291 g/mol. The van der Waals surface area contributed by atoms with Crippen LogP contribution in [0.2, 0.25) is 0 Å². The predicted octanol–water partition coefficient (Wildman–Crippen LogP) is 0.790. The number of likely N-dealkylation sites (tertiary alicyclic amines) is 1. The van der Waals surface area contributed by atoms with E-state index in [1.54, 1.807) is 0 Å². The maximum Gasteiger partial charge on any atom is 0.410 e. The summed E-state index contributed by atoms with van der Waals surface area (Å²) in [6, 6.07) is 9.39. The first-order valence-corrected chi connectivity index (χ1v) is 6.88. The Kier molecular flexibility index (Phi) is 3.55. The molecule has 0 radical (unpaired) electrons. The molecule has 1 N–H and O–H groups in total. The monoisotopic (exact) mass is 291 g/mol. The van der Waals surface area contributed by atoms with E-state index in [-0.39, 0.29) is 38.9 Å². The first-order chi connectivity index (χ1) is 10.1. The molecule has 0 aromatic heterocycles. The lowest BCUT2D eigenvalue weighted by Gasteiger charge is -2.22. The summed E-state index contributed by atoms with van der Waals surface area (Å²) in [7, 11) is 0. The number of nitrogens with zero attached hydrogens (tertiary/aromatic N) is 1. The summed E-state index contributed by atoms with van der Waals surface area (Å²) in [5.74, 6) is -0.797. The molecule has 21 heavy (non-hydrogen) atoms. The van der Waals surface area contributed by atoms with E-state index in [2.05, 4.69) is 0 Å². The van der Waals surface area contributed by atoms with E-state index in [1.807, 2.05) is 30.3 Å². The number of aliphatic hydroxyl groups is 1. The van der Waals surface area contributed by atoms with E-state index in [4.69, 9.17) is 9.47 Å². The zero-order valence-electron chi connectivity index (χ0n) is 11.5. The second kappa shape index (κ2) is 5.37. The lowest BCUT2D eigenvalue weighted by atomic mass is 9.82. The minimum absolute atomic E-state index is 0.162. The van der Waals surface area contributed by atoms with Gasteiger partial charge in [-0.25, -0.2) is 4.79 Å². The van der Waals surface area contributed by atoms with Gasteiger partial charge in [0.25, 0.3) is 0 Å². The van der Waals surface area contributed by atoms with Crippen LogP contribution in [0.15, 0.2) is 30.3 Å². The maximum absolute atomic E-state index is 12.1. The molecule has 112 valence electrons. The second-order valence-electron chi connectivity index (χ2n) is 5.60. The topological polar surface area (TPSA) is 76.1 Å². The van der Waals surface area contributed by atoms with Crippen LogP contribution in [0.4, 0.5) is 4.79 Å². The van der Waals surface area contributed by atoms with E-state index >= 15 is 0 Å². The lowest BCUT2D eigenvalue weighted by Crippen LogP contribution is -2.36. The van der Waals surface area contributed by atoms with Crippen LogP contribution in [0.3, 0.4) is 0 Å². The number of hydrogen-bond donors (Lipinski definition) is 1. The van der Waals surface area contributed by atoms with Gasteiger partial charge in [0.2, 0.25) is 0 Å². The highest BCUT2D eigenvalue weighted by Gasteiger charge is 2.57. The Morgan fingerprint density at radius 1 is 1.43 bits per heavy atom.